The minimum absolute atomic E-state index is 0.334. The van der Waals surface area contributed by atoms with Gasteiger partial charge in [-0.1, -0.05) is 98.1 Å². The number of aryl methyl sites for hydroxylation is 6. The Hall–Kier alpha value is -6.03. The lowest BCUT2D eigenvalue weighted by atomic mass is 9.90. The number of azo groups is 1. The molecule has 1 aliphatic rings. The van der Waals surface area contributed by atoms with Gasteiger partial charge < -0.3 is 5.32 Å². The Morgan fingerprint density at radius 1 is 0.839 bits per heavy atom. The maximum absolute atomic E-state index is 10.6. The van der Waals surface area contributed by atoms with E-state index in [4.69, 9.17) is 30.3 Å². The number of anilines is 5. The monoisotopic (exact) mass is 774 g/mol. The number of fused-ring (bicyclic) bond motifs is 2. The standard InChI is InChI=1S/C44H42N10S2/c1-25-15-13-16-26(2)36(25)49-40-37(50-51-41-30(24-45)39(44(6,7)8)52-54(41)43-47-32-20-10-12-22-34(32)56-43)29(5)23-35(48-40)53(38-27(3)17-14-18-28(38)4)42-46-31-19-9-11-21-33(31)55-42/h9,11-19,21-23H,10,20H2,1-8H3,(H,48,49). The zero-order valence-corrected chi connectivity index (χ0v) is 34.4. The summed E-state index contributed by atoms with van der Waals surface area (Å²) in [6, 6.07) is 25.1. The molecule has 0 fully saturated rings. The van der Waals surface area contributed by atoms with Gasteiger partial charge in [-0.25, -0.2) is 15.0 Å². The molecule has 0 saturated carbocycles. The summed E-state index contributed by atoms with van der Waals surface area (Å²) in [7, 11) is 0. The first-order valence-corrected chi connectivity index (χ1v) is 20.2. The van der Waals surface area contributed by atoms with E-state index in [1.807, 2.05) is 58.0 Å². The van der Waals surface area contributed by atoms with Crippen LogP contribution in [0.3, 0.4) is 0 Å². The van der Waals surface area contributed by atoms with Crippen molar-refractivity contribution in [3.63, 3.8) is 0 Å². The fraction of sp³-hybridized carbons (Fsp3) is 0.250. The van der Waals surface area contributed by atoms with E-state index in [0.717, 1.165) is 78.0 Å². The molecule has 0 spiro atoms. The molecule has 0 unspecified atom stereocenters. The molecule has 7 aromatic rings. The molecule has 12 heteroatoms. The number of nitrogens with zero attached hydrogens (tertiary/aromatic N) is 9. The number of para-hydroxylation sites is 3. The molecule has 10 nitrogen and oxygen atoms in total. The van der Waals surface area contributed by atoms with Crippen LogP contribution in [0.15, 0.2) is 83.0 Å². The molecule has 3 aromatic carbocycles. The van der Waals surface area contributed by atoms with Crippen molar-refractivity contribution in [1.82, 2.24) is 24.7 Å². The molecular formula is C44H42N10S2. The molecule has 0 aliphatic heterocycles. The fourth-order valence-electron chi connectivity index (χ4n) is 7.05. The number of pyridine rings is 1. The second-order valence-corrected chi connectivity index (χ2v) is 17.2. The van der Waals surface area contributed by atoms with Crippen LogP contribution in [0.5, 0.6) is 0 Å². The molecule has 0 amide bonds. The maximum atomic E-state index is 10.6. The molecule has 8 rings (SSSR count). The number of hydrogen-bond acceptors (Lipinski definition) is 11. The SMILES string of the molecule is Cc1cc(N(c2nc3ccccc3s2)c2c(C)cccc2C)nc(Nc2c(C)cccc2C)c1N=Nc1c(C#N)c(C(C)(C)C)nn1-c1nc2c(s1)C=CCC2. The van der Waals surface area contributed by atoms with Crippen molar-refractivity contribution in [2.75, 3.05) is 10.2 Å². The molecular weight excluding hydrogens is 733 g/mol. The normalized spacial score (nSPS) is 12.7. The van der Waals surface area contributed by atoms with E-state index >= 15 is 0 Å². The number of nitriles is 1. The first kappa shape index (κ1) is 36.9. The van der Waals surface area contributed by atoms with E-state index in [0.29, 0.717) is 39.5 Å². The first-order chi connectivity index (χ1) is 26.9. The van der Waals surface area contributed by atoms with Crippen LogP contribution < -0.4 is 10.2 Å². The molecule has 0 atom stereocenters. The van der Waals surface area contributed by atoms with E-state index in [2.05, 4.69) is 92.5 Å². The van der Waals surface area contributed by atoms with Crippen molar-refractivity contribution in [1.29, 1.82) is 5.26 Å². The van der Waals surface area contributed by atoms with Crippen molar-refractivity contribution >= 4 is 78.6 Å². The predicted octanol–water partition coefficient (Wildman–Crippen LogP) is 12.6. The molecule has 1 N–H and O–H groups in total. The van der Waals surface area contributed by atoms with E-state index in [-0.39, 0.29) is 0 Å². The number of benzene rings is 3. The van der Waals surface area contributed by atoms with Gasteiger partial charge in [0, 0.05) is 11.1 Å². The Labute approximate surface area is 335 Å². The maximum Gasteiger partial charge on any atom is 0.213 e. The highest BCUT2D eigenvalue weighted by Crippen LogP contribution is 2.45. The number of thiazole rings is 2. The summed E-state index contributed by atoms with van der Waals surface area (Å²) in [5, 5.41) is 30.5. The van der Waals surface area contributed by atoms with Gasteiger partial charge in [-0.3, -0.25) is 4.90 Å². The van der Waals surface area contributed by atoms with Gasteiger partial charge in [-0.15, -0.1) is 10.2 Å². The third-order valence-electron chi connectivity index (χ3n) is 9.90. The Balaban J connectivity index is 1.34. The topological polar surface area (TPSA) is 120 Å². The van der Waals surface area contributed by atoms with Crippen molar-refractivity contribution in [2.45, 2.75) is 73.6 Å². The highest BCUT2D eigenvalue weighted by Gasteiger charge is 2.30. The molecule has 0 radical (unpaired) electrons. The Morgan fingerprint density at radius 2 is 1.55 bits per heavy atom. The molecule has 4 aromatic heterocycles. The Kier molecular flexibility index (Phi) is 9.60. The highest BCUT2D eigenvalue weighted by atomic mass is 32.1. The van der Waals surface area contributed by atoms with Crippen molar-refractivity contribution < 1.29 is 0 Å². The number of aromatic nitrogens is 5. The van der Waals surface area contributed by atoms with Crippen LogP contribution in [0.2, 0.25) is 0 Å². The summed E-state index contributed by atoms with van der Waals surface area (Å²) in [5.74, 6) is 1.54. The van der Waals surface area contributed by atoms with Crippen LogP contribution in [0.1, 0.15) is 76.8 Å². The summed E-state index contributed by atoms with van der Waals surface area (Å²) in [5.41, 5.74) is 10.2. The van der Waals surface area contributed by atoms with Gasteiger partial charge in [0.25, 0.3) is 0 Å². The number of hydrogen-bond donors (Lipinski definition) is 1. The van der Waals surface area contributed by atoms with Crippen LogP contribution in [0.4, 0.5) is 39.6 Å². The van der Waals surface area contributed by atoms with Crippen LogP contribution in [0.25, 0.3) is 21.4 Å². The smallest absolute Gasteiger partial charge is 0.213 e. The second-order valence-electron chi connectivity index (χ2n) is 15.2. The van der Waals surface area contributed by atoms with Gasteiger partial charge >= 0.3 is 0 Å². The van der Waals surface area contributed by atoms with Crippen molar-refractivity contribution in [3.8, 4) is 11.2 Å². The lowest BCUT2D eigenvalue weighted by molar-refractivity contribution is 0.559. The molecule has 1 aliphatic carbocycles. The second kappa shape index (κ2) is 14.6. The lowest BCUT2D eigenvalue weighted by Crippen LogP contribution is -2.15. The molecule has 280 valence electrons. The number of rotatable bonds is 8. The summed E-state index contributed by atoms with van der Waals surface area (Å²) < 4.78 is 2.77. The number of allylic oxidation sites excluding steroid dienone is 1. The van der Waals surface area contributed by atoms with Crippen LogP contribution in [-0.4, -0.2) is 24.7 Å². The minimum atomic E-state index is -0.427. The van der Waals surface area contributed by atoms with Gasteiger partial charge in [0.15, 0.2) is 16.8 Å². The molecule has 56 heavy (non-hydrogen) atoms. The van der Waals surface area contributed by atoms with E-state index < -0.39 is 5.41 Å². The summed E-state index contributed by atoms with van der Waals surface area (Å²) in [6.07, 6.45) is 6.07. The largest absolute Gasteiger partial charge is 0.338 e. The quantitative estimate of drug-likeness (QED) is 0.153. The third kappa shape index (κ3) is 6.78. The molecule has 0 bridgehead atoms. The number of nitrogens with one attached hydrogen (secondary N) is 1. The zero-order valence-electron chi connectivity index (χ0n) is 32.8. The fourth-order valence-corrected chi connectivity index (χ4v) is 9.03. The Morgan fingerprint density at radius 3 is 2.23 bits per heavy atom. The minimum Gasteiger partial charge on any atom is -0.338 e. The van der Waals surface area contributed by atoms with Gasteiger partial charge in [-0.2, -0.15) is 15.0 Å². The zero-order chi connectivity index (χ0) is 39.3. The van der Waals surface area contributed by atoms with Gasteiger partial charge in [-0.05, 0) is 99.6 Å². The molecule has 0 saturated heterocycles. The molecule has 4 heterocycles. The van der Waals surface area contributed by atoms with E-state index in [1.165, 1.54) is 11.3 Å². The van der Waals surface area contributed by atoms with E-state index in [9.17, 15) is 5.26 Å². The predicted molar refractivity (Wildman–Crippen MR) is 230 cm³/mol. The summed E-state index contributed by atoms with van der Waals surface area (Å²) in [4.78, 5) is 18.7. The van der Waals surface area contributed by atoms with Gasteiger partial charge in [0.1, 0.15) is 23.1 Å². The van der Waals surface area contributed by atoms with Crippen LogP contribution in [-0.2, 0) is 11.8 Å². The van der Waals surface area contributed by atoms with Gasteiger partial charge in [0.05, 0.1) is 32.2 Å². The van der Waals surface area contributed by atoms with Gasteiger partial charge in [0.2, 0.25) is 5.13 Å². The highest BCUT2D eigenvalue weighted by molar-refractivity contribution is 7.22. The van der Waals surface area contributed by atoms with Crippen LogP contribution >= 0.6 is 22.7 Å². The van der Waals surface area contributed by atoms with Crippen molar-refractivity contribution in [3.05, 3.63) is 122 Å². The third-order valence-corrected chi connectivity index (χ3v) is 12.0. The van der Waals surface area contributed by atoms with Crippen molar-refractivity contribution in [2.24, 2.45) is 10.2 Å². The van der Waals surface area contributed by atoms with Crippen LogP contribution in [0, 0.1) is 45.9 Å². The summed E-state index contributed by atoms with van der Waals surface area (Å²) >= 11 is 3.16. The first-order valence-electron chi connectivity index (χ1n) is 18.6. The van der Waals surface area contributed by atoms with E-state index in [1.54, 1.807) is 16.0 Å². The lowest BCUT2D eigenvalue weighted by Gasteiger charge is -2.26. The summed E-state index contributed by atoms with van der Waals surface area (Å²) in [6.45, 7) is 16.5. The average molecular weight is 775 g/mol. The Bertz CT molecular complexity index is 2680. The average Bonchev–Trinajstić information content (AvgIpc) is 3.89.